The summed E-state index contributed by atoms with van der Waals surface area (Å²) in [5.74, 6) is 0. The normalized spacial score (nSPS) is 4.25. The molecule has 0 fully saturated rings. The van der Waals surface area contributed by atoms with Crippen LogP contribution >= 0.6 is 0 Å². The van der Waals surface area contributed by atoms with Crippen molar-refractivity contribution < 1.29 is 53.9 Å². The molecule has 0 spiro atoms. The van der Waals surface area contributed by atoms with Gasteiger partial charge in [-0.25, -0.2) is 0 Å². The molecule has 32 heavy (non-hydrogen) atoms. The van der Waals surface area contributed by atoms with Gasteiger partial charge in [-0.2, -0.15) is 9.59 Å². The number of carbonyl (C=O) groups excluding carboxylic acids is 2. The van der Waals surface area contributed by atoms with Crippen LogP contribution in [0.1, 0.15) is 29.7 Å². The molecule has 2 aromatic rings. The zero-order valence-corrected chi connectivity index (χ0v) is 15.7. The van der Waals surface area contributed by atoms with Crippen LogP contribution in [0.15, 0.2) is 48.8 Å². The summed E-state index contributed by atoms with van der Waals surface area (Å²) in [6, 6.07) is 11.6. The van der Waals surface area contributed by atoms with Crippen molar-refractivity contribution in [3.05, 3.63) is 82.0 Å². The standard InChI is InChI=1S/C10H8N2.CO2.5CO.4CH4.Mo.N2/c1-3-7-11-9(5-1)10-6-2-4-8-12-10;2-1-3;5*1-2;;;;;;1-2/h1-8H;;;;;;;4*1H4;;. The average molecular weight is 528 g/mol. The van der Waals surface area contributed by atoms with Gasteiger partial charge in [0.25, 0.3) is 0 Å². The van der Waals surface area contributed by atoms with Gasteiger partial charge < -0.3 is 0 Å². The fraction of sp³-hybridized carbons (Fsp3) is 0.200. The maximum atomic E-state index is 8.12. The molecule has 0 saturated carbocycles. The molecule has 0 amide bonds. The minimum absolute atomic E-state index is 0. The van der Waals surface area contributed by atoms with Crippen LogP contribution in [-0.2, 0) is 53.9 Å². The van der Waals surface area contributed by atoms with Crippen LogP contribution in [-0.4, -0.2) is 16.1 Å². The van der Waals surface area contributed by atoms with E-state index >= 15 is 0 Å². The molecule has 0 saturated heterocycles. The van der Waals surface area contributed by atoms with Gasteiger partial charge in [-0.15, -0.1) is 0 Å². The van der Waals surface area contributed by atoms with Gasteiger partial charge in [-0.1, -0.05) is 41.8 Å². The Morgan fingerprint density at radius 3 is 0.906 bits per heavy atom. The number of aromatic nitrogens is 2. The predicted molar refractivity (Wildman–Crippen MR) is 102 cm³/mol. The molecule has 2 heterocycles. The minimum atomic E-state index is 0. The van der Waals surface area contributed by atoms with Crippen molar-refractivity contribution in [1.82, 2.24) is 9.97 Å². The summed E-state index contributed by atoms with van der Waals surface area (Å²) in [5, 5.41) is 12.0. The molecule has 0 radical (unpaired) electrons. The van der Waals surface area contributed by atoms with Crippen LogP contribution in [0.4, 0.5) is 0 Å². The zero-order valence-electron chi connectivity index (χ0n) is 13.7. The van der Waals surface area contributed by atoms with Crippen molar-refractivity contribution in [2.75, 3.05) is 0 Å². The van der Waals surface area contributed by atoms with Crippen molar-refractivity contribution in [2.45, 2.75) is 29.7 Å². The third kappa shape index (κ3) is 63.3. The molecule has 2 rings (SSSR count). The van der Waals surface area contributed by atoms with Gasteiger partial charge in [0.05, 0.1) is 11.4 Å². The second kappa shape index (κ2) is 106. The van der Waals surface area contributed by atoms with Gasteiger partial charge in [0.15, 0.2) is 0 Å². The van der Waals surface area contributed by atoms with E-state index in [9.17, 15) is 0 Å². The second-order valence-electron chi connectivity index (χ2n) is 2.51. The molecule has 0 bridgehead atoms. The average Bonchev–Trinajstić information content (AvgIpc) is 2.83. The SMILES string of the molecule is C.C.C.C.N#N.O=C=O.[C-]#[O+].[C-]#[O+].[C-]#[O+].[C-]#[O+].[C-]#[O+].[Mo].c1ccc(-c2ccccn2)nc1. The molecule has 0 aliphatic rings. The Morgan fingerprint density at radius 1 is 0.594 bits per heavy atom. The number of hydrogen-bond acceptors (Lipinski definition) is 6. The monoisotopic (exact) mass is 530 g/mol. The van der Waals surface area contributed by atoms with E-state index in [1.54, 1.807) is 12.4 Å². The van der Waals surface area contributed by atoms with Crippen LogP contribution < -0.4 is 0 Å². The first kappa shape index (κ1) is 70.4. The Morgan fingerprint density at radius 2 is 0.781 bits per heavy atom. The van der Waals surface area contributed by atoms with E-state index in [0.29, 0.717) is 0 Å². The Kier molecular flexibility index (Phi) is 233. The van der Waals surface area contributed by atoms with Crippen molar-refractivity contribution in [2.24, 2.45) is 0 Å². The quantitative estimate of drug-likeness (QED) is 0.231. The van der Waals surface area contributed by atoms with Gasteiger partial charge >= 0.3 is 62.7 Å². The van der Waals surface area contributed by atoms with Gasteiger partial charge in [0.2, 0.25) is 0 Å². The Labute approximate surface area is 204 Å². The maximum absolute atomic E-state index is 8.12. The Hall–Kier alpha value is -3.51. The zero-order chi connectivity index (χ0) is 22.9. The molecular weight excluding hydrogens is 504 g/mol. The van der Waals surface area contributed by atoms with Crippen LogP contribution in [0.2, 0.25) is 0 Å². The number of pyridine rings is 2. The topological polar surface area (TPSA) is 207 Å². The van der Waals surface area contributed by atoms with E-state index < -0.39 is 0 Å². The predicted octanol–water partition coefficient (Wildman–Crippen LogP) is 3.94. The van der Waals surface area contributed by atoms with Gasteiger partial charge in [0.1, 0.15) is 0 Å². The van der Waals surface area contributed by atoms with Crippen molar-refractivity contribution >= 4 is 6.15 Å². The molecule has 0 atom stereocenters. The summed E-state index contributed by atoms with van der Waals surface area (Å²) in [4.78, 5) is 24.6. The summed E-state index contributed by atoms with van der Waals surface area (Å²) in [7, 11) is 0. The first-order valence-electron chi connectivity index (χ1n) is 5.42. The van der Waals surface area contributed by atoms with Gasteiger partial charge in [-0.3, -0.25) is 9.97 Å². The van der Waals surface area contributed by atoms with Crippen molar-refractivity contribution in [3.63, 3.8) is 0 Å². The summed E-state index contributed by atoms with van der Waals surface area (Å²) in [5.41, 5.74) is 1.83. The Bertz CT molecular complexity index is 597. The smallest absolute Gasteiger partial charge is 0.0886 e. The van der Waals surface area contributed by atoms with E-state index in [1.165, 1.54) is 0 Å². The first-order valence-corrected chi connectivity index (χ1v) is 5.42. The maximum Gasteiger partial charge on any atom is 0.0886 e. The fourth-order valence-corrected chi connectivity index (χ4v) is 1.03. The van der Waals surface area contributed by atoms with E-state index in [2.05, 4.69) is 43.2 Å². The van der Waals surface area contributed by atoms with Crippen molar-refractivity contribution in [3.8, 4) is 11.4 Å². The molecule has 12 heteroatoms. The molecule has 0 aliphatic heterocycles. The summed E-state index contributed by atoms with van der Waals surface area (Å²) in [6.45, 7) is 22.5. The van der Waals surface area contributed by atoms with Gasteiger partial charge in [-0.05, 0) is 24.3 Å². The molecule has 2 aromatic heterocycles. The van der Waals surface area contributed by atoms with Crippen LogP contribution in [0, 0.1) is 44.0 Å². The van der Waals surface area contributed by atoms with E-state index in [4.69, 9.17) is 43.6 Å². The summed E-state index contributed by atoms with van der Waals surface area (Å²) in [6.07, 6.45) is 3.79. The number of rotatable bonds is 1. The molecular formula is C20H24MoN4O7. The second-order valence-corrected chi connectivity index (χ2v) is 2.51. The molecule has 172 valence electrons. The minimum Gasteiger partial charge on any atom is -0.255 e. The third-order valence-electron chi connectivity index (χ3n) is 1.59. The summed E-state index contributed by atoms with van der Waals surface area (Å²) >= 11 is 0. The van der Waals surface area contributed by atoms with Crippen LogP contribution in [0.25, 0.3) is 11.4 Å². The molecule has 11 nitrogen and oxygen atoms in total. The molecule has 0 aliphatic carbocycles. The van der Waals surface area contributed by atoms with Crippen molar-refractivity contribution in [1.29, 1.82) is 10.8 Å². The summed E-state index contributed by atoms with van der Waals surface area (Å²) < 4.78 is 37.5. The first-order chi connectivity index (χ1) is 13.4. The van der Waals surface area contributed by atoms with E-state index in [-0.39, 0.29) is 56.9 Å². The Balaban J connectivity index is -0.0000000214. The molecule has 0 aromatic carbocycles. The largest absolute Gasteiger partial charge is 0.255 e. The number of hydrogen-bond donors (Lipinski definition) is 0. The van der Waals surface area contributed by atoms with Crippen LogP contribution in [0.3, 0.4) is 0 Å². The van der Waals surface area contributed by atoms with E-state index in [1.807, 2.05) is 36.4 Å². The van der Waals surface area contributed by atoms with E-state index in [0.717, 1.165) is 11.4 Å². The van der Waals surface area contributed by atoms with Crippen LogP contribution in [0.5, 0.6) is 0 Å². The fourth-order valence-electron chi connectivity index (χ4n) is 1.03. The van der Waals surface area contributed by atoms with Gasteiger partial charge in [0, 0.05) is 44.2 Å². The third-order valence-corrected chi connectivity index (χ3v) is 1.59. The number of nitrogens with zero attached hydrogens (tertiary/aromatic N) is 4. The molecule has 0 unspecified atom stereocenters. The molecule has 0 N–H and O–H groups in total.